The van der Waals surface area contributed by atoms with Gasteiger partial charge in [0.1, 0.15) is 6.04 Å². The Kier molecular flexibility index (Phi) is 6.23. The molecule has 8 nitrogen and oxygen atoms in total. The molecule has 1 aliphatic heterocycles. The molecule has 0 spiro atoms. The predicted octanol–water partition coefficient (Wildman–Crippen LogP) is -0.302. The van der Waals surface area contributed by atoms with Gasteiger partial charge in [-0.2, -0.15) is 0 Å². The van der Waals surface area contributed by atoms with Crippen molar-refractivity contribution >= 4 is 18.0 Å². The number of nitrogens with zero attached hydrogens (tertiary/aromatic N) is 1. The lowest BCUT2D eigenvalue weighted by Crippen LogP contribution is -2.52. The average molecular weight is 287 g/mol. The van der Waals surface area contributed by atoms with E-state index >= 15 is 0 Å². The summed E-state index contributed by atoms with van der Waals surface area (Å²) in [4.78, 5) is 35.0. The quantitative estimate of drug-likeness (QED) is 0.532. The van der Waals surface area contributed by atoms with E-state index in [4.69, 9.17) is 10.2 Å². The molecule has 0 radical (unpaired) electrons. The van der Waals surface area contributed by atoms with Crippen LogP contribution in [0.5, 0.6) is 0 Å². The van der Waals surface area contributed by atoms with Gasteiger partial charge < -0.3 is 25.7 Å². The summed E-state index contributed by atoms with van der Waals surface area (Å²) in [6, 6.07) is -1.58. The van der Waals surface area contributed by atoms with E-state index in [0.717, 1.165) is 25.9 Å². The van der Waals surface area contributed by atoms with Gasteiger partial charge in [0.25, 0.3) is 0 Å². The number of amides is 2. The largest absolute Gasteiger partial charge is 0.481 e. The SMILES string of the molecule is CN(C(=O)NC(CCC(=O)O)C(=O)O)C1CCNCC1. The molecule has 1 saturated heterocycles. The fraction of sp³-hybridized carbons (Fsp3) is 0.750. The maximum Gasteiger partial charge on any atom is 0.326 e. The van der Waals surface area contributed by atoms with Gasteiger partial charge in [0.05, 0.1) is 0 Å². The fourth-order valence-electron chi connectivity index (χ4n) is 2.14. The normalized spacial score (nSPS) is 17.2. The summed E-state index contributed by atoms with van der Waals surface area (Å²) in [6.07, 6.45) is 1.21. The van der Waals surface area contributed by atoms with Crippen LogP contribution >= 0.6 is 0 Å². The van der Waals surface area contributed by atoms with Crippen LogP contribution in [0.3, 0.4) is 0 Å². The molecule has 2 amide bonds. The van der Waals surface area contributed by atoms with Crippen molar-refractivity contribution in [2.45, 2.75) is 37.8 Å². The van der Waals surface area contributed by atoms with Crippen LogP contribution in [0.2, 0.25) is 0 Å². The number of carbonyl (C=O) groups is 3. The molecule has 8 heteroatoms. The number of carbonyl (C=O) groups excluding carboxylic acids is 1. The van der Waals surface area contributed by atoms with Gasteiger partial charge in [-0.05, 0) is 32.4 Å². The first kappa shape index (κ1) is 16.2. The molecule has 0 aromatic heterocycles. The van der Waals surface area contributed by atoms with Crippen LogP contribution < -0.4 is 10.6 Å². The minimum absolute atomic E-state index is 0.0742. The monoisotopic (exact) mass is 287 g/mol. The summed E-state index contributed by atoms with van der Waals surface area (Å²) < 4.78 is 0. The van der Waals surface area contributed by atoms with Crippen LogP contribution in [-0.4, -0.2) is 65.3 Å². The molecular weight excluding hydrogens is 266 g/mol. The van der Waals surface area contributed by atoms with Gasteiger partial charge in [-0.15, -0.1) is 0 Å². The highest BCUT2D eigenvalue weighted by molar-refractivity contribution is 5.83. The van der Waals surface area contributed by atoms with Crippen LogP contribution in [0.4, 0.5) is 4.79 Å². The molecule has 114 valence electrons. The second-order valence-corrected chi connectivity index (χ2v) is 4.86. The molecular formula is C12H21N3O5. The lowest BCUT2D eigenvalue weighted by Gasteiger charge is -2.32. The zero-order valence-corrected chi connectivity index (χ0v) is 11.5. The van der Waals surface area contributed by atoms with E-state index in [2.05, 4.69) is 10.6 Å². The Hall–Kier alpha value is -1.83. The molecule has 1 atom stereocenters. The van der Waals surface area contributed by atoms with Gasteiger partial charge in [-0.25, -0.2) is 9.59 Å². The maximum absolute atomic E-state index is 12.0. The number of hydrogen-bond donors (Lipinski definition) is 4. The highest BCUT2D eigenvalue weighted by atomic mass is 16.4. The molecule has 1 heterocycles. The van der Waals surface area contributed by atoms with E-state index < -0.39 is 24.0 Å². The third-order valence-electron chi connectivity index (χ3n) is 3.42. The second-order valence-electron chi connectivity index (χ2n) is 4.86. The predicted molar refractivity (Wildman–Crippen MR) is 70.5 cm³/mol. The van der Waals surface area contributed by atoms with Crippen molar-refractivity contribution in [1.29, 1.82) is 0 Å². The topological polar surface area (TPSA) is 119 Å². The number of aliphatic carboxylic acids is 2. The fourth-order valence-corrected chi connectivity index (χ4v) is 2.14. The standard InChI is InChI=1S/C12H21N3O5/c1-15(8-4-6-13-7-5-8)12(20)14-9(11(18)19)2-3-10(16)17/h8-9,13H,2-7H2,1H3,(H,14,20)(H,16,17)(H,18,19). The summed E-state index contributed by atoms with van der Waals surface area (Å²) in [5.74, 6) is -2.31. The molecule has 1 unspecified atom stereocenters. The van der Waals surface area contributed by atoms with Crippen molar-refractivity contribution in [3.63, 3.8) is 0 Å². The Balaban J connectivity index is 2.51. The first-order valence-corrected chi connectivity index (χ1v) is 6.60. The zero-order chi connectivity index (χ0) is 15.1. The highest BCUT2D eigenvalue weighted by Gasteiger charge is 2.26. The summed E-state index contributed by atoms with van der Waals surface area (Å²) in [7, 11) is 1.63. The third kappa shape index (κ3) is 5.04. The molecule has 0 aromatic rings. The summed E-state index contributed by atoms with van der Waals surface area (Å²) in [5, 5.41) is 23.1. The van der Waals surface area contributed by atoms with Crippen LogP contribution in [0.15, 0.2) is 0 Å². The summed E-state index contributed by atoms with van der Waals surface area (Å²) >= 11 is 0. The lowest BCUT2D eigenvalue weighted by atomic mass is 10.1. The summed E-state index contributed by atoms with van der Waals surface area (Å²) in [5.41, 5.74) is 0. The van der Waals surface area contributed by atoms with Crippen molar-refractivity contribution < 1.29 is 24.6 Å². The number of urea groups is 1. The molecule has 20 heavy (non-hydrogen) atoms. The van der Waals surface area contributed by atoms with Crippen LogP contribution in [-0.2, 0) is 9.59 Å². The molecule has 1 rings (SSSR count). The number of hydrogen-bond acceptors (Lipinski definition) is 4. The third-order valence-corrected chi connectivity index (χ3v) is 3.42. The molecule has 1 fully saturated rings. The van der Waals surface area contributed by atoms with E-state index in [9.17, 15) is 14.4 Å². The van der Waals surface area contributed by atoms with Gasteiger partial charge >= 0.3 is 18.0 Å². The summed E-state index contributed by atoms with van der Waals surface area (Å²) in [6.45, 7) is 1.65. The Morgan fingerprint density at radius 2 is 1.90 bits per heavy atom. The Labute approximate surface area is 117 Å². The molecule has 0 saturated carbocycles. The van der Waals surface area contributed by atoms with E-state index in [0.29, 0.717) is 0 Å². The smallest absolute Gasteiger partial charge is 0.326 e. The molecule has 0 aromatic carbocycles. The van der Waals surface area contributed by atoms with Crippen LogP contribution in [0, 0.1) is 0 Å². The Bertz CT molecular complexity index is 368. The molecule has 4 N–H and O–H groups in total. The van der Waals surface area contributed by atoms with Crippen molar-refractivity contribution in [2.75, 3.05) is 20.1 Å². The first-order chi connectivity index (χ1) is 9.41. The van der Waals surface area contributed by atoms with E-state index in [-0.39, 0.29) is 18.9 Å². The van der Waals surface area contributed by atoms with Gasteiger partial charge in [-0.1, -0.05) is 0 Å². The average Bonchev–Trinajstić information content (AvgIpc) is 2.42. The van der Waals surface area contributed by atoms with Crippen molar-refractivity contribution in [3.05, 3.63) is 0 Å². The lowest BCUT2D eigenvalue weighted by molar-refractivity contribution is -0.140. The minimum Gasteiger partial charge on any atom is -0.481 e. The van der Waals surface area contributed by atoms with E-state index in [1.165, 1.54) is 4.90 Å². The number of nitrogens with one attached hydrogen (secondary N) is 2. The van der Waals surface area contributed by atoms with Crippen LogP contribution in [0.1, 0.15) is 25.7 Å². The van der Waals surface area contributed by atoms with Gasteiger partial charge in [0.15, 0.2) is 0 Å². The highest BCUT2D eigenvalue weighted by Crippen LogP contribution is 2.10. The van der Waals surface area contributed by atoms with E-state index in [1.807, 2.05) is 0 Å². The van der Waals surface area contributed by atoms with Gasteiger partial charge in [0, 0.05) is 19.5 Å². The minimum atomic E-state index is -1.22. The first-order valence-electron chi connectivity index (χ1n) is 6.60. The second kappa shape index (κ2) is 7.68. The van der Waals surface area contributed by atoms with Crippen LogP contribution in [0.25, 0.3) is 0 Å². The van der Waals surface area contributed by atoms with Gasteiger partial charge in [0.2, 0.25) is 0 Å². The van der Waals surface area contributed by atoms with Crippen molar-refractivity contribution in [3.8, 4) is 0 Å². The van der Waals surface area contributed by atoms with Crippen molar-refractivity contribution in [1.82, 2.24) is 15.5 Å². The Morgan fingerprint density at radius 1 is 1.30 bits per heavy atom. The number of piperidine rings is 1. The number of carboxylic acids is 2. The van der Waals surface area contributed by atoms with Crippen molar-refractivity contribution in [2.24, 2.45) is 0 Å². The van der Waals surface area contributed by atoms with E-state index in [1.54, 1.807) is 7.05 Å². The van der Waals surface area contributed by atoms with Gasteiger partial charge in [-0.3, -0.25) is 4.79 Å². The Morgan fingerprint density at radius 3 is 2.40 bits per heavy atom. The number of carboxylic acid groups (broad SMARTS) is 2. The number of rotatable bonds is 6. The zero-order valence-electron chi connectivity index (χ0n) is 11.5. The molecule has 0 bridgehead atoms. The molecule has 1 aliphatic rings. The molecule has 0 aliphatic carbocycles. The maximum atomic E-state index is 12.0.